The third kappa shape index (κ3) is 2.68. The van der Waals surface area contributed by atoms with Crippen molar-refractivity contribution < 1.29 is 13.5 Å². The molecule has 0 radical (unpaired) electrons. The Morgan fingerprint density at radius 3 is 2.68 bits per heavy atom. The molecule has 4 nitrogen and oxygen atoms in total. The van der Waals surface area contributed by atoms with E-state index >= 15 is 0 Å². The van der Waals surface area contributed by atoms with Gasteiger partial charge < -0.3 is 10.1 Å². The maximum Gasteiger partial charge on any atom is 0.387 e. The summed E-state index contributed by atoms with van der Waals surface area (Å²) in [6.07, 6.45) is -0.425. The molecule has 1 atom stereocenters. The van der Waals surface area contributed by atoms with Crippen LogP contribution < -0.4 is 10.1 Å². The first-order valence-corrected chi connectivity index (χ1v) is 9.07. The van der Waals surface area contributed by atoms with Crippen LogP contribution in [0.25, 0.3) is 22.4 Å². The predicted molar refractivity (Wildman–Crippen MR) is 105 cm³/mol. The van der Waals surface area contributed by atoms with Gasteiger partial charge in [-0.3, -0.25) is 4.57 Å². The van der Waals surface area contributed by atoms with Gasteiger partial charge >= 0.3 is 6.61 Å². The summed E-state index contributed by atoms with van der Waals surface area (Å²) in [4.78, 5) is 4.80. The molecule has 0 fully saturated rings. The molecule has 1 aliphatic heterocycles. The maximum absolute atomic E-state index is 12.7. The van der Waals surface area contributed by atoms with Crippen LogP contribution in [-0.4, -0.2) is 16.2 Å². The fourth-order valence-electron chi connectivity index (χ4n) is 3.64. The third-order valence-corrected chi connectivity index (χ3v) is 5.15. The van der Waals surface area contributed by atoms with Crippen LogP contribution in [0.1, 0.15) is 11.7 Å². The van der Waals surface area contributed by atoms with Gasteiger partial charge in [-0.2, -0.15) is 8.78 Å². The van der Waals surface area contributed by atoms with Crippen LogP contribution >= 0.6 is 11.6 Å². The number of nitrogens with one attached hydrogen (secondary N) is 1. The standard InChI is InChI=1S/C21H14ClF2N3O/c22-15-10-9-12(28-21(23)24)11-14(15)20-25-16-6-2-1-5-13(16)19-26-17-7-3-4-8-18(17)27(19)20/h1-11,20-21,25H/t20-/m1/s1. The summed E-state index contributed by atoms with van der Waals surface area (Å²) in [6, 6.07) is 20.2. The van der Waals surface area contributed by atoms with Gasteiger partial charge in [-0.25, -0.2) is 4.98 Å². The number of benzene rings is 3. The van der Waals surface area contributed by atoms with Crippen molar-refractivity contribution in [3.63, 3.8) is 0 Å². The van der Waals surface area contributed by atoms with Crippen molar-refractivity contribution in [1.82, 2.24) is 9.55 Å². The molecule has 1 N–H and O–H groups in total. The summed E-state index contributed by atoms with van der Waals surface area (Å²) in [5.41, 5.74) is 4.24. The number of hydrogen-bond donors (Lipinski definition) is 1. The molecule has 0 aliphatic carbocycles. The quantitative estimate of drug-likeness (QED) is 0.465. The van der Waals surface area contributed by atoms with Crippen LogP contribution in [0.15, 0.2) is 66.7 Å². The number of imidazole rings is 1. The first kappa shape index (κ1) is 17.0. The number of ether oxygens (including phenoxy) is 1. The predicted octanol–water partition coefficient (Wildman–Crippen LogP) is 5.93. The average molecular weight is 398 g/mol. The van der Waals surface area contributed by atoms with Crippen molar-refractivity contribution in [3.8, 4) is 17.1 Å². The minimum absolute atomic E-state index is 0.0565. The first-order valence-electron chi connectivity index (χ1n) is 8.69. The van der Waals surface area contributed by atoms with Gasteiger partial charge in [-0.1, -0.05) is 35.9 Å². The summed E-state index contributed by atoms with van der Waals surface area (Å²) < 4.78 is 32.0. The lowest BCUT2D eigenvalue weighted by molar-refractivity contribution is -0.0499. The number of nitrogens with zero attached hydrogens (tertiary/aromatic N) is 2. The molecule has 0 saturated heterocycles. The van der Waals surface area contributed by atoms with E-state index in [2.05, 4.69) is 10.1 Å². The zero-order chi connectivity index (χ0) is 19.3. The van der Waals surface area contributed by atoms with E-state index in [1.807, 2.05) is 53.1 Å². The maximum atomic E-state index is 12.7. The monoisotopic (exact) mass is 397 g/mol. The molecule has 1 aliphatic rings. The van der Waals surface area contributed by atoms with Crippen LogP contribution in [-0.2, 0) is 0 Å². The van der Waals surface area contributed by atoms with E-state index in [1.54, 1.807) is 12.1 Å². The van der Waals surface area contributed by atoms with Crippen LogP contribution in [0.4, 0.5) is 14.5 Å². The van der Waals surface area contributed by atoms with Gasteiger partial charge in [0.05, 0.1) is 11.0 Å². The summed E-state index contributed by atoms with van der Waals surface area (Å²) in [5, 5.41) is 3.91. The minimum Gasteiger partial charge on any atom is -0.435 e. The molecule has 3 aromatic carbocycles. The van der Waals surface area contributed by atoms with E-state index in [0.717, 1.165) is 28.1 Å². The molecule has 0 saturated carbocycles. The summed E-state index contributed by atoms with van der Waals surface area (Å²) >= 11 is 6.46. The molecule has 2 heterocycles. The summed E-state index contributed by atoms with van der Waals surface area (Å²) in [6.45, 7) is -2.90. The number of hydrogen-bond acceptors (Lipinski definition) is 3. The van der Waals surface area contributed by atoms with Gasteiger partial charge in [0.2, 0.25) is 0 Å². The number of aromatic nitrogens is 2. The van der Waals surface area contributed by atoms with Crippen molar-refractivity contribution in [3.05, 3.63) is 77.3 Å². The fraction of sp³-hybridized carbons (Fsp3) is 0.0952. The Hall–Kier alpha value is -3.12. The molecule has 0 amide bonds. The average Bonchev–Trinajstić information content (AvgIpc) is 3.08. The van der Waals surface area contributed by atoms with E-state index in [0.29, 0.717) is 10.6 Å². The molecule has 4 aromatic rings. The highest BCUT2D eigenvalue weighted by Crippen LogP contribution is 2.42. The number of para-hydroxylation sites is 3. The molecule has 28 heavy (non-hydrogen) atoms. The molecular weight excluding hydrogens is 384 g/mol. The first-order chi connectivity index (χ1) is 13.6. The smallest absolute Gasteiger partial charge is 0.387 e. The van der Waals surface area contributed by atoms with Crippen molar-refractivity contribution >= 4 is 28.3 Å². The molecule has 0 bridgehead atoms. The van der Waals surface area contributed by atoms with Gasteiger partial charge in [0.25, 0.3) is 0 Å². The van der Waals surface area contributed by atoms with Gasteiger partial charge in [0.15, 0.2) is 0 Å². The number of anilines is 1. The number of alkyl halides is 2. The van der Waals surface area contributed by atoms with Gasteiger partial charge in [-0.15, -0.1) is 0 Å². The highest BCUT2D eigenvalue weighted by atomic mass is 35.5. The van der Waals surface area contributed by atoms with Crippen molar-refractivity contribution in [1.29, 1.82) is 0 Å². The number of rotatable bonds is 3. The zero-order valence-corrected chi connectivity index (χ0v) is 15.2. The van der Waals surface area contributed by atoms with E-state index in [-0.39, 0.29) is 5.75 Å². The Morgan fingerprint density at radius 1 is 1.04 bits per heavy atom. The largest absolute Gasteiger partial charge is 0.435 e. The number of fused-ring (bicyclic) bond motifs is 5. The number of halogens is 3. The minimum atomic E-state index is -2.90. The summed E-state index contributed by atoms with van der Waals surface area (Å²) in [7, 11) is 0. The van der Waals surface area contributed by atoms with Crippen molar-refractivity contribution in [2.45, 2.75) is 12.8 Å². The Morgan fingerprint density at radius 2 is 1.82 bits per heavy atom. The second-order valence-corrected chi connectivity index (χ2v) is 6.86. The topological polar surface area (TPSA) is 39.1 Å². The molecule has 0 spiro atoms. The van der Waals surface area contributed by atoms with E-state index < -0.39 is 12.8 Å². The molecular formula is C21H14ClF2N3O. The van der Waals surface area contributed by atoms with Gasteiger partial charge in [0, 0.05) is 21.8 Å². The van der Waals surface area contributed by atoms with Crippen molar-refractivity contribution in [2.75, 3.05) is 5.32 Å². The zero-order valence-electron chi connectivity index (χ0n) is 14.4. The normalized spacial score (nSPS) is 15.2. The lowest BCUT2D eigenvalue weighted by atomic mass is 10.1. The van der Waals surface area contributed by atoms with E-state index in [9.17, 15) is 8.78 Å². The van der Waals surface area contributed by atoms with E-state index in [4.69, 9.17) is 16.6 Å². The highest BCUT2D eigenvalue weighted by Gasteiger charge is 2.29. The van der Waals surface area contributed by atoms with Crippen LogP contribution in [0.2, 0.25) is 5.02 Å². The lowest BCUT2D eigenvalue weighted by Gasteiger charge is -2.31. The SMILES string of the molecule is FC(F)Oc1ccc(Cl)c([C@@H]2Nc3ccccc3-c3nc4ccccc4n32)c1. The molecule has 0 unspecified atom stereocenters. The highest BCUT2D eigenvalue weighted by molar-refractivity contribution is 6.31. The lowest BCUT2D eigenvalue weighted by Crippen LogP contribution is -2.25. The molecule has 1 aromatic heterocycles. The Bertz CT molecular complexity index is 1190. The fourth-order valence-corrected chi connectivity index (χ4v) is 3.86. The second-order valence-electron chi connectivity index (χ2n) is 6.45. The molecule has 140 valence electrons. The van der Waals surface area contributed by atoms with Crippen LogP contribution in [0.3, 0.4) is 0 Å². The van der Waals surface area contributed by atoms with Gasteiger partial charge in [-0.05, 0) is 42.5 Å². The van der Waals surface area contributed by atoms with Crippen LogP contribution in [0.5, 0.6) is 5.75 Å². The van der Waals surface area contributed by atoms with Crippen LogP contribution in [0, 0.1) is 0 Å². The molecule has 5 rings (SSSR count). The summed E-state index contributed by atoms with van der Waals surface area (Å²) in [5.74, 6) is 0.845. The Kier molecular flexibility index (Phi) is 3.94. The van der Waals surface area contributed by atoms with Gasteiger partial charge in [0.1, 0.15) is 17.7 Å². The Balaban J connectivity index is 1.75. The van der Waals surface area contributed by atoms with Crippen molar-refractivity contribution in [2.24, 2.45) is 0 Å². The van der Waals surface area contributed by atoms with E-state index in [1.165, 1.54) is 6.07 Å². The molecule has 7 heteroatoms. The third-order valence-electron chi connectivity index (χ3n) is 4.80. The second kappa shape index (κ2) is 6.49. The Labute approximate surface area is 164 Å².